The van der Waals surface area contributed by atoms with E-state index in [0.29, 0.717) is 10.9 Å². The van der Waals surface area contributed by atoms with Crippen LogP contribution in [0.3, 0.4) is 0 Å². The van der Waals surface area contributed by atoms with Crippen LogP contribution in [0.1, 0.15) is 18.9 Å². The minimum atomic E-state index is 0.0396. The predicted molar refractivity (Wildman–Crippen MR) is 111 cm³/mol. The predicted octanol–water partition coefficient (Wildman–Crippen LogP) is 2.14. The van der Waals surface area contributed by atoms with E-state index in [-0.39, 0.29) is 5.91 Å². The van der Waals surface area contributed by atoms with E-state index in [9.17, 15) is 4.79 Å². The quantitative estimate of drug-likeness (QED) is 0.597. The van der Waals surface area contributed by atoms with E-state index in [1.54, 1.807) is 9.80 Å². The Morgan fingerprint density at radius 1 is 1.31 bits per heavy atom. The molecule has 2 saturated heterocycles. The molecule has 3 rings (SSSR count). The minimum Gasteiger partial charge on any atom is -0.370 e. The minimum absolute atomic E-state index is 0.0396. The van der Waals surface area contributed by atoms with E-state index >= 15 is 0 Å². The summed E-state index contributed by atoms with van der Waals surface area (Å²) < 4.78 is 6.06. The molecular formula is C20H25N2O2S2+. The summed E-state index contributed by atoms with van der Waals surface area (Å²) >= 11 is 6.84. The van der Waals surface area contributed by atoms with Crippen LogP contribution in [0.15, 0.2) is 46.9 Å². The number of nitrogens with one attached hydrogen (secondary N) is 1. The van der Waals surface area contributed by atoms with Crippen molar-refractivity contribution in [3.63, 3.8) is 0 Å². The summed E-state index contributed by atoms with van der Waals surface area (Å²) in [5.41, 5.74) is 2.18. The highest BCUT2D eigenvalue weighted by Gasteiger charge is 2.31. The van der Waals surface area contributed by atoms with Gasteiger partial charge in [-0.25, -0.2) is 0 Å². The number of carbonyl (C=O) groups is 1. The van der Waals surface area contributed by atoms with Crippen LogP contribution in [0.4, 0.5) is 0 Å². The summed E-state index contributed by atoms with van der Waals surface area (Å²) in [6, 6.07) is 10.1. The summed E-state index contributed by atoms with van der Waals surface area (Å²) in [6.07, 6.45) is 4.99. The van der Waals surface area contributed by atoms with Crippen molar-refractivity contribution >= 4 is 40.3 Å². The summed E-state index contributed by atoms with van der Waals surface area (Å²) in [6.45, 7) is 7.57. The van der Waals surface area contributed by atoms with Gasteiger partial charge in [-0.1, -0.05) is 60.4 Å². The fraction of sp³-hybridized carbons (Fsp3) is 0.400. The Bertz CT molecular complexity index is 710. The lowest BCUT2D eigenvalue weighted by Crippen LogP contribution is -3.14. The molecule has 0 bridgehead atoms. The monoisotopic (exact) mass is 389 g/mol. The third-order valence-corrected chi connectivity index (χ3v) is 5.92. The number of allylic oxidation sites excluding steroid dienone is 2. The lowest BCUT2D eigenvalue weighted by Gasteiger charge is -2.24. The molecule has 0 radical (unpaired) electrons. The molecule has 0 unspecified atom stereocenters. The van der Waals surface area contributed by atoms with Crippen LogP contribution in [-0.2, 0) is 9.53 Å². The van der Waals surface area contributed by atoms with Gasteiger partial charge in [-0.3, -0.25) is 9.69 Å². The van der Waals surface area contributed by atoms with Gasteiger partial charge in [0.1, 0.15) is 17.4 Å². The van der Waals surface area contributed by atoms with Gasteiger partial charge in [0.25, 0.3) is 5.91 Å². The van der Waals surface area contributed by atoms with Gasteiger partial charge in [-0.05, 0) is 24.1 Å². The van der Waals surface area contributed by atoms with Crippen molar-refractivity contribution in [3.05, 3.63) is 52.4 Å². The lowest BCUT2D eigenvalue weighted by atomic mass is 10.1. The number of ether oxygens (including phenoxy) is 1. The molecule has 6 heteroatoms. The number of morpholine rings is 1. The lowest BCUT2D eigenvalue weighted by molar-refractivity contribution is -0.908. The van der Waals surface area contributed by atoms with Gasteiger partial charge in [-0.15, -0.1) is 0 Å². The highest BCUT2D eigenvalue weighted by Crippen LogP contribution is 2.32. The second-order valence-electron chi connectivity index (χ2n) is 6.60. The van der Waals surface area contributed by atoms with Crippen LogP contribution in [0.5, 0.6) is 0 Å². The fourth-order valence-corrected chi connectivity index (χ4v) is 4.51. The second kappa shape index (κ2) is 9.46. The average molecular weight is 390 g/mol. The molecular weight excluding hydrogens is 364 g/mol. The molecule has 2 fully saturated rings. The maximum absolute atomic E-state index is 12.7. The van der Waals surface area contributed by atoms with Crippen LogP contribution in [0, 0.1) is 0 Å². The highest BCUT2D eigenvalue weighted by molar-refractivity contribution is 8.26. The van der Waals surface area contributed by atoms with Crippen molar-refractivity contribution in [2.75, 3.05) is 39.4 Å². The molecule has 4 nitrogen and oxygen atoms in total. The van der Waals surface area contributed by atoms with Crippen molar-refractivity contribution in [1.29, 1.82) is 0 Å². The van der Waals surface area contributed by atoms with Crippen LogP contribution in [-0.4, -0.2) is 54.5 Å². The Hall–Kier alpha value is -1.47. The third-order valence-electron chi connectivity index (χ3n) is 4.54. The average Bonchev–Trinajstić information content (AvgIpc) is 2.90. The third kappa shape index (κ3) is 5.27. The standard InChI is InChI=1S/C20H24N2O2S2/c1-16(14-17-6-3-2-4-7-17)15-18-19(23)22(20(25)26-18)9-5-8-21-10-12-24-13-11-21/h2-4,6-7,14-15H,5,8-13H2,1H3/p+1/b16-14+,18-15+. The first kappa shape index (κ1) is 19.3. The van der Waals surface area contributed by atoms with Gasteiger partial charge in [0.05, 0.1) is 24.7 Å². The maximum Gasteiger partial charge on any atom is 0.266 e. The van der Waals surface area contributed by atoms with E-state index < -0.39 is 0 Å². The highest BCUT2D eigenvalue weighted by atomic mass is 32.2. The first-order valence-corrected chi connectivity index (χ1v) is 10.3. The number of hydrogen-bond acceptors (Lipinski definition) is 4. The van der Waals surface area contributed by atoms with Gasteiger partial charge < -0.3 is 9.64 Å². The molecule has 1 aromatic rings. The van der Waals surface area contributed by atoms with Gasteiger partial charge >= 0.3 is 0 Å². The molecule has 2 heterocycles. The fourth-order valence-electron chi connectivity index (χ4n) is 3.15. The summed E-state index contributed by atoms with van der Waals surface area (Å²) in [7, 11) is 0. The number of carbonyl (C=O) groups excluding carboxylic acids is 1. The smallest absolute Gasteiger partial charge is 0.266 e. The van der Waals surface area contributed by atoms with Crippen LogP contribution in [0.2, 0.25) is 0 Å². The topological polar surface area (TPSA) is 34.0 Å². The SMILES string of the molecule is CC(=C\c1ccccc1)/C=C1/SC(=S)N(CCC[NH+]2CCOCC2)C1=O. The van der Waals surface area contributed by atoms with E-state index in [2.05, 4.69) is 18.2 Å². The van der Waals surface area contributed by atoms with Crippen LogP contribution < -0.4 is 4.90 Å². The molecule has 0 saturated carbocycles. The molecule has 26 heavy (non-hydrogen) atoms. The number of nitrogens with zero attached hydrogens (tertiary/aromatic N) is 1. The van der Waals surface area contributed by atoms with Gasteiger partial charge in [0.2, 0.25) is 0 Å². The number of thioether (sulfide) groups is 1. The molecule has 1 N–H and O–H groups in total. The van der Waals surface area contributed by atoms with Crippen molar-refractivity contribution in [3.8, 4) is 0 Å². The van der Waals surface area contributed by atoms with E-state index in [1.165, 1.54) is 11.8 Å². The summed E-state index contributed by atoms with van der Waals surface area (Å²) in [5, 5.41) is 0. The molecule has 2 aliphatic rings. The van der Waals surface area contributed by atoms with E-state index in [0.717, 1.165) is 55.3 Å². The zero-order valence-corrected chi connectivity index (χ0v) is 16.7. The largest absolute Gasteiger partial charge is 0.370 e. The Balaban J connectivity index is 1.56. The summed E-state index contributed by atoms with van der Waals surface area (Å²) in [5.74, 6) is 0.0396. The first-order chi connectivity index (χ1) is 12.6. The number of rotatable bonds is 6. The van der Waals surface area contributed by atoms with Crippen molar-refractivity contribution in [1.82, 2.24) is 4.90 Å². The maximum atomic E-state index is 12.7. The molecule has 1 amide bonds. The number of thiocarbonyl (C=S) groups is 1. The molecule has 0 aliphatic carbocycles. The van der Waals surface area contributed by atoms with Gasteiger partial charge in [0.15, 0.2) is 0 Å². The van der Waals surface area contributed by atoms with Gasteiger partial charge in [0, 0.05) is 13.0 Å². The molecule has 0 spiro atoms. The molecule has 0 aromatic heterocycles. The second-order valence-corrected chi connectivity index (χ2v) is 8.27. The number of benzene rings is 1. The normalized spacial score (nSPS) is 21.0. The zero-order valence-electron chi connectivity index (χ0n) is 15.1. The number of quaternary nitrogens is 1. The Morgan fingerprint density at radius 2 is 2.04 bits per heavy atom. The Kier molecular flexibility index (Phi) is 7.02. The van der Waals surface area contributed by atoms with Crippen molar-refractivity contribution in [2.45, 2.75) is 13.3 Å². The van der Waals surface area contributed by atoms with Crippen LogP contribution >= 0.6 is 24.0 Å². The number of hydrogen-bond donors (Lipinski definition) is 1. The molecule has 0 atom stereocenters. The first-order valence-electron chi connectivity index (χ1n) is 9.03. The van der Waals surface area contributed by atoms with E-state index in [4.69, 9.17) is 17.0 Å². The molecule has 2 aliphatic heterocycles. The van der Waals surface area contributed by atoms with E-state index in [1.807, 2.05) is 31.2 Å². The number of amides is 1. The van der Waals surface area contributed by atoms with Gasteiger partial charge in [-0.2, -0.15) is 0 Å². The van der Waals surface area contributed by atoms with Crippen molar-refractivity contribution in [2.24, 2.45) is 0 Å². The van der Waals surface area contributed by atoms with Crippen LogP contribution in [0.25, 0.3) is 6.08 Å². The summed E-state index contributed by atoms with van der Waals surface area (Å²) in [4.78, 5) is 16.7. The Labute approximate surface area is 164 Å². The zero-order chi connectivity index (χ0) is 18.4. The Morgan fingerprint density at radius 3 is 2.77 bits per heavy atom. The molecule has 138 valence electrons. The molecule has 1 aromatic carbocycles. The van der Waals surface area contributed by atoms with Crippen molar-refractivity contribution < 1.29 is 14.4 Å².